The summed E-state index contributed by atoms with van der Waals surface area (Å²) < 4.78 is 5.49. The molecule has 0 aliphatic rings. The van der Waals surface area contributed by atoms with Crippen molar-refractivity contribution in [3.8, 4) is 5.75 Å². The maximum absolute atomic E-state index is 14.5. The van der Waals surface area contributed by atoms with Crippen LogP contribution in [0.1, 0.15) is 63.8 Å². The number of aryl methyl sites for hydroxylation is 1. The van der Waals surface area contributed by atoms with Gasteiger partial charge in [0.2, 0.25) is 5.91 Å². The second kappa shape index (κ2) is 13.8. The molecule has 0 bridgehead atoms. The van der Waals surface area contributed by atoms with Crippen LogP contribution in [0.4, 0.5) is 10.5 Å². The lowest BCUT2D eigenvalue weighted by Gasteiger charge is -2.38. The molecule has 0 radical (unpaired) electrons. The third-order valence-electron chi connectivity index (χ3n) is 6.75. The molecule has 0 saturated heterocycles. The van der Waals surface area contributed by atoms with Crippen molar-refractivity contribution in [3.63, 3.8) is 0 Å². The van der Waals surface area contributed by atoms with Gasteiger partial charge in [0.05, 0.1) is 0 Å². The minimum Gasteiger partial charge on any atom is -0.508 e. The van der Waals surface area contributed by atoms with Crippen LogP contribution in [0.2, 0.25) is 0 Å². The first-order valence-corrected chi connectivity index (χ1v) is 13.9. The van der Waals surface area contributed by atoms with E-state index in [9.17, 15) is 19.5 Å². The van der Waals surface area contributed by atoms with Gasteiger partial charge >= 0.3 is 6.09 Å². The van der Waals surface area contributed by atoms with E-state index in [0.717, 1.165) is 11.1 Å². The molecule has 0 fully saturated rings. The summed E-state index contributed by atoms with van der Waals surface area (Å²) in [5.74, 6) is -1.06. The highest BCUT2D eigenvalue weighted by Gasteiger charge is 2.39. The number of phenolic OH excluding ortho intramolecular Hbond substituents is 1. The van der Waals surface area contributed by atoms with Crippen LogP contribution in [0, 0.1) is 6.92 Å². The fourth-order valence-electron chi connectivity index (χ4n) is 4.53. The summed E-state index contributed by atoms with van der Waals surface area (Å²) in [6, 6.07) is 20.5. The number of rotatable bonds is 10. The number of nitrogens with zero attached hydrogens (tertiary/aromatic N) is 1. The summed E-state index contributed by atoms with van der Waals surface area (Å²) >= 11 is 0. The van der Waals surface area contributed by atoms with Crippen LogP contribution in [0.25, 0.3) is 0 Å². The highest BCUT2D eigenvalue weighted by atomic mass is 16.6. The van der Waals surface area contributed by atoms with Crippen LogP contribution in [0.15, 0.2) is 78.9 Å². The number of anilines is 1. The molecule has 3 N–H and O–H groups in total. The molecule has 3 rings (SSSR count). The van der Waals surface area contributed by atoms with Crippen LogP contribution < -0.4 is 10.6 Å². The second-order valence-electron chi connectivity index (χ2n) is 11.2. The van der Waals surface area contributed by atoms with Gasteiger partial charge < -0.3 is 25.4 Å². The van der Waals surface area contributed by atoms with E-state index in [2.05, 4.69) is 10.6 Å². The number of ether oxygens (including phenoxy) is 1. The predicted molar refractivity (Wildman–Crippen MR) is 161 cm³/mol. The highest BCUT2D eigenvalue weighted by Crippen LogP contribution is 2.33. The van der Waals surface area contributed by atoms with Crippen molar-refractivity contribution in [2.45, 2.75) is 78.1 Å². The molecule has 0 aliphatic heterocycles. The van der Waals surface area contributed by atoms with Crippen LogP contribution in [-0.4, -0.2) is 45.6 Å². The zero-order valence-corrected chi connectivity index (χ0v) is 24.7. The van der Waals surface area contributed by atoms with Gasteiger partial charge in [-0.3, -0.25) is 9.59 Å². The van der Waals surface area contributed by atoms with E-state index in [1.54, 1.807) is 45.0 Å². The van der Waals surface area contributed by atoms with Gasteiger partial charge in [-0.25, -0.2) is 4.79 Å². The molecule has 218 valence electrons. The molecule has 3 amide bonds. The summed E-state index contributed by atoms with van der Waals surface area (Å²) in [6.07, 6.45) is -0.0316. The van der Waals surface area contributed by atoms with E-state index in [1.165, 1.54) is 11.0 Å². The van der Waals surface area contributed by atoms with Crippen molar-refractivity contribution in [2.24, 2.45) is 0 Å². The van der Waals surface area contributed by atoms with E-state index in [1.807, 2.05) is 69.3 Å². The number of carbonyl (C=O) groups is 3. The molecule has 8 heteroatoms. The Bertz CT molecular complexity index is 1340. The average molecular weight is 560 g/mol. The Morgan fingerprint density at radius 3 is 2.15 bits per heavy atom. The number of carbonyl (C=O) groups excluding carboxylic acids is 3. The Morgan fingerprint density at radius 1 is 0.927 bits per heavy atom. The van der Waals surface area contributed by atoms with Gasteiger partial charge in [-0.1, -0.05) is 73.7 Å². The molecule has 0 aromatic heterocycles. The SMILES string of the molecule is CCC(C)N(C(=O)C(Cc1ccccc1)NC(=O)OC(C)(C)C)C(C(=O)Nc1ccccc1C)c1ccccc1O. The number of nitrogens with one attached hydrogen (secondary N) is 2. The van der Waals surface area contributed by atoms with E-state index < -0.39 is 41.6 Å². The number of amides is 3. The van der Waals surface area contributed by atoms with Crippen LogP contribution in [0.5, 0.6) is 5.75 Å². The van der Waals surface area contributed by atoms with E-state index in [4.69, 9.17) is 4.74 Å². The lowest BCUT2D eigenvalue weighted by molar-refractivity contribution is -0.143. The molecule has 0 heterocycles. The van der Waals surface area contributed by atoms with Crippen LogP contribution in [-0.2, 0) is 20.7 Å². The summed E-state index contributed by atoms with van der Waals surface area (Å²) in [5.41, 5.74) is 1.79. The zero-order chi connectivity index (χ0) is 30.2. The van der Waals surface area contributed by atoms with Crippen molar-refractivity contribution in [1.82, 2.24) is 10.2 Å². The predicted octanol–water partition coefficient (Wildman–Crippen LogP) is 6.14. The van der Waals surface area contributed by atoms with Crippen LogP contribution in [0.3, 0.4) is 0 Å². The number of phenols is 1. The Balaban J connectivity index is 2.10. The first kappa shape index (κ1) is 31.2. The van der Waals surface area contributed by atoms with Gasteiger partial charge in [-0.15, -0.1) is 0 Å². The second-order valence-corrected chi connectivity index (χ2v) is 11.2. The lowest BCUT2D eigenvalue weighted by atomic mass is 9.97. The molecule has 3 aromatic rings. The molecule has 3 aromatic carbocycles. The molecule has 0 spiro atoms. The van der Waals surface area contributed by atoms with Gasteiger partial charge in [0.1, 0.15) is 23.4 Å². The molecular formula is C33H41N3O5. The largest absolute Gasteiger partial charge is 0.508 e. The number of hydrogen-bond acceptors (Lipinski definition) is 5. The summed E-state index contributed by atoms with van der Waals surface area (Å²) in [7, 11) is 0. The average Bonchev–Trinajstić information content (AvgIpc) is 2.92. The van der Waals surface area contributed by atoms with E-state index in [0.29, 0.717) is 12.1 Å². The Hall–Kier alpha value is -4.33. The molecule has 0 aliphatic carbocycles. The van der Waals surface area contributed by atoms with E-state index in [-0.39, 0.29) is 17.7 Å². The van der Waals surface area contributed by atoms with Crippen molar-refractivity contribution in [1.29, 1.82) is 0 Å². The first-order chi connectivity index (χ1) is 19.4. The highest BCUT2D eigenvalue weighted by molar-refractivity contribution is 6.00. The molecule has 8 nitrogen and oxygen atoms in total. The number of para-hydroxylation sites is 2. The number of aromatic hydroxyl groups is 1. The number of benzene rings is 3. The van der Waals surface area contributed by atoms with Gasteiger partial charge in [0.15, 0.2) is 0 Å². The summed E-state index contributed by atoms with van der Waals surface area (Å²) in [4.78, 5) is 42.9. The van der Waals surface area contributed by atoms with Crippen molar-refractivity contribution >= 4 is 23.6 Å². The van der Waals surface area contributed by atoms with Gasteiger partial charge in [-0.2, -0.15) is 0 Å². The summed E-state index contributed by atoms with van der Waals surface area (Å²) in [6.45, 7) is 10.9. The molecule has 3 atom stereocenters. The standard InChI is InChI=1S/C33H41N3O5/c1-7-23(3)36(31(39)27(21-24-16-9-8-10-17-24)35-32(40)41-33(4,5)6)29(25-18-12-14-20-28(25)37)30(38)34-26-19-13-11-15-22(26)2/h8-20,23,27,29,37H,7,21H2,1-6H3,(H,34,38)(H,35,40). The molecule has 3 unspecified atom stereocenters. The van der Waals surface area contributed by atoms with E-state index >= 15 is 0 Å². The minimum absolute atomic E-state index is 0.113. The first-order valence-electron chi connectivity index (χ1n) is 13.9. The summed E-state index contributed by atoms with van der Waals surface area (Å²) in [5, 5.41) is 16.6. The van der Waals surface area contributed by atoms with Gasteiger partial charge in [-0.05, 0) is 64.3 Å². The Labute approximate surface area is 242 Å². The third kappa shape index (κ3) is 8.58. The zero-order valence-electron chi connectivity index (χ0n) is 24.7. The van der Waals surface area contributed by atoms with Crippen molar-refractivity contribution in [2.75, 3.05) is 5.32 Å². The topological polar surface area (TPSA) is 108 Å². The number of alkyl carbamates (subject to hydrolysis) is 1. The van der Waals surface area contributed by atoms with Crippen molar-refractivity contribution in [3.05, 3.63) is 95.6 Å². The van der Waals surface area contributed by atoms with Gasteiger partial charge in [0.25, 0.3) is 5.91 Å². The minimum atomic E-state index is -1.18. The fraction of sp³-hybridized carbons (Fsp3) is 0.364. The molecule has 0 saturated carbocycles. The Morgan fingerprint density at radius 2 is 1.54 bits per heavy atom. The fourth-order valence-corrected chi connectivity index (χ4v) is 4.53. The normalized spacial score (nSPS) is 13.4. The maximum atomic E-state index is 14.5. The Kier molecular flexibility index (Phi) is 10.5. The maximum Gasteiger partial charge on any atom is 0.408 e. The lowest BCUT2D eigenvalue weighted by Crippen LogP contribution is -2.55. The monoisotopic (exact) mass is 559 g/mol. The smallest absolute Gasteiger partial charge is 0.408 e. The molecular weight excluding hydrogens is 518 g/mol. The third-order valence-corrected chi connectivity index (χ3v) is 6.75. The van der Waals surface area contributed by atoms with Crippen molar-refractivity contribution < 1.29 is 24.2 Å². The molecule has 41 heavy (non-hydrogen) atoms. The quantitative estimate of drug-likeness (QED) is 0.276. The van der Waals surface area contributed by atoms with Gasteiger partial charge in [0, 0.05) is 23.7 Å². The van der Waals surface area contributed by atoms with Crippen LogP contribution >= 0.6 is 0 Å². The number of hydrogen-bond donors (Lipinski definition) is 3.